The monoisotopic (exact) mass is 597 g/mol. The molecule has 0 bridgehead atoms. The molecule has 1 unspecified atom stereocenters. The minimum absolute atomic E-state index is 0.650. The Bertz CT molecular complexity index is 882. The molecule has 5 nitrogen and oxygen atoms in total. The molecule has 1 atom stereocenters. The largest absolute Gasteiger partial charge is 0.461 e. The summed E-state index contributed by atoms with van der Waals surface area (Å²) >= 11 is -3.71. The molecule has 0 saturated carbocycles. The molecule has 0 aliphatic heterocycles. The van der Waals surface area contributed by atoms with E-state index >= 15 is 0 Å². The number of nitrogens with one attached hydrogen (secondary N) is 1. The van der Waals surface area contributed by atoms with E-state index < -0.39 is 83.2 Å². The van der Waals surface area contributed by atoms with Gasteiger partial charge < -0.3 is 4.74 Å². The molecule has 0 rings (SSSR count). The number of hydrogen-bond acceptors (Lipinski definition) is 3. The molecule has 0 radical (unpaired) electrons. The molecule has 0 amide bonds. The summed E-state index contributed by atoms with van der Waals surface area (Å²) in [6.45, 7) is 0.00665. The van der Waals surface area contributed by atoms with Gasteiger partial charge in [0.05, 0.1) is 6.61 Å². The van der Waals surface area contributed by atoms with E-state index in [1.807, 2.05) is 0 Å². The third-order valence-electron chi connectivity index (χ3n) is 3.76. The zero-order chi connectivity index (χ0) is 29.6. The number of carbonyl (C=O) groups is 1. The van der Waals surface area contributed by atoms with E-state index in [9.17, 15) is 83.6 Å². The van der Waals surface area contributed by atoms with Crippen LogP contribution in [-0.4, -0.2) is 69.0 Å². The SMILES string of the molecule is CCOC(=O)C(=CC(F)(F)C(F)(F)C(F)(F)C(F)(F)C(F)(F)C(F)(F)C(F)(F)C(F)(F)F)NS(=O)O. The van der Waals surface area contributed by atoms with Gasteiger partial charge in [-0.05, 0) is 6.92 Å². The van der Waals surface area contributed by atoms with E-state index in [2.05, 4.69) is 4.74 Å². The number of hydrogen-bond donors (Lipinski definition) is 2. The summed E-state index contributed by atoms with van der Waals surface area (Å²) in [5.74, 6) is -60.7. The van der Waals surface area contributed by atoms with E-state index in [1.54, 1.807) is 0 Å². The van der Waals surface area contributed by atoms with Crippen LogP contribution in [0.5, 0.6) is 0 Å². The molecular formula is C13H8F17NO4S. The lowest BCUT2D eigenvalue weighted by Crippen LogP contribution is -2.74. The number of carbonyl (C=O) groups excluding carboxylic acids is 1. The van der Waals surface area contributed by atoms with Crippen LogP contribution < -0.4 is 4.72 Å². The number of allylic oxidation sites excluding steroid dienone is 1. The van der Waals surface area contributed by atoms with Crippen LogP contribution in [0.2, 0.25) is 0 Å². The van der Waals surface area contributed by atoms with Gasteiger partial charge in [-0.2, -0.15) is 74.6 Å². The van der Waals surface area contributed by atoms with Crippen LogP contribution in [0.25, 0.3) is 0 Å². The first-order valence-electron chi connectivity index (χ1n) is 8.00. The molecule has 23 heteroatoms. The van der Waals surface area contributed by atoms with Crippen molar-refractivity contribution in [1.82, 2.24) is 4.72 Å². The van der Waals surface area contributed by atoms with E-state index in [1.165, 1.54) is 0 Å². The van der Waals surface area contributed by atoms with Gasteiger partial charge in [-0.25, -0.2) is 9.00 Å². The molecule has 0 aliphatic carbocycles. The van der Waals surface area contributed by atoms with Crippen molar-refractivity contribution in [3.05, 3.63) is 11.8 Å². The van der Waals surface area contributed by atoms with Crippen molar-refractivity contribution >= 4 is 17.2 Å². The summed E-state index contributed by atoms with van der Waals surface area (Å²) in [6, 6.07) is 0. The Balaban J connectivity index is 6.97. The lowest BCUT2D eigenvalue weighted by molar-refractivity contribution is -0.459. The second-order valence-electron chi connectivity index (χ2n) is 6.20. The predicted octanol–water partition coefficient (Wildman–Crippen LogP) is 5.17. The van der Waals surface area contributed by atoms with E-state index in [4.69, 9.17) is 4.55 Å². The van der Waals surface area contributed by atoms with E-state index in [0.29, 0.717) is 4.72 Å². The number of alkyl halides is 17. The Morgan fingerprint density at radius 3 is 1.36 bits per heavy atom. The molecule has 0 aromatic carbocycles. The zero-order valence-corrected chi connectivity index (χ0v) is 17.1. The third-order valence-corrected chi connectivity index (χ3v) is 4.16. The molecule has 0 aromatic rings. The van der Waals surface area contributed by atoms with Crippen LogP contribution in [0.4, 0.5) is 74.6 Å². The lowest BCUT2D eigenvalue weighted by atomic mass is 9.89. The molecule has 0 saturated heterocycles. The summed E-state index contributed by atoms with van der Waals surface area (Å²) in [5, 5.41) is 0. The fraction of sp³-hybridized carbons (Fsp3) is 0.769. The highest BCUT2D eigenvalue weighted by atomic mass is 32.2. The van der Waals surface area contributed by atoms with Crippen LogP contribution in [0.15, 0.2) is 11.8 Å². The third kappa shape index (κ3) is 5.16. The van der Waals surface area contributed by atoms with Crippen molar-refractivity contribution in [2.75, 3.05) is 6.61 Å². The lowest BCUT2D eigenvalue weighted by Gasteiger charge is -2.42. The van der Waals surface area contributed by atoms with Crippen molar-refractivity contribution in [3.63, 3.8) is 0 Å². The quantitative estimate of drug-likeness (QED) is 0.149. The Labute approximate surface area is 189 Å². The topological polar surface area (TPSA) is 75.6 Å². The molecule has 0 fully saturated rings. The van der Waals surface area contributed by atoms with Crippen molar-refractivity contribution < 1.29 is 92.9 Å². The van der Waals surface area contributed by atoms with Crippen molar-refractivity contribution in [2.24, 2.45) is 0 Å². The minimum Gasteiger partial charge on any atom is -0.461 e. The van der Waals surface area contributed by atoms with Crippen LogP contribution in [0, 0.1) is 0 Å². The normalized spacial score (nSPS) is 16.6. The molecule has 0 heterocycles. The highest BCUT2D eigenvalue weighted by molar-refractivity contribution is 7.77. The van der Waals surface area contributed by atoms with Crippen LogP contribution >= 0.6 is 0 Å². The second kappa shape index (κ2) is 9.67. The summed E-state index contributed by atoms with van der Waals surface area (Å²) in [6.07, 6.45) is -9.76. The van der Waals surface area contributed by atoms with Crippen LogP contribution in [0.1, 0.15) is 6.92 Å². The first-order chi connectivity index (χ1) is 15.5. The van der Waals surface area contributed by atoms with Gasteiger partial charge in [-0.15, -0.1) is 0 Å². The Morgan fingerprint density at radius 1 is 0.722 bits per heavy atom. The highest BCUT2D eigenvalue weighted by Crippen LogP contribution is 2.64. The average Bonchev–Trinajstić information content (AvgIpc) is 2.65. The van der Waals surface area contributed by atoms with Gasteiger partial charge in [0.15, 0.2) is 0 Å². The average molecular weight is 597 g/mol. The first kappa shape index (κ1) is 33.9. The number of rotatable bonds is 11. The van der Waals surface area contributed by atoms with Gasteiger partial charge in [-0.1, -0.05) is 0 Å². The van der Waals surface area contributed by atoms with E-state index in [-0.39, 0.29) is 0 Å². The van der Waals surface area contributed by atoms with Crippen molar-refractivity contribution in [1.29, 1.82) is 0 Å². The number of halogens is 17. The fourth-order valence-electron chi connectivity index (χ4n) is 1.88. The summed E-state index contributed by atoms with van der Waals surface area (Å²) < 4.78 is 247. The van der Waals surface area contributed by atoms with Crippen LogP contribution in [0.3, 0.4) is 0 Å². The van der Waals surface area contributed by atoms with Crippen molar-refractivity contribution in [2.45, 2.75) is 54.6 Å². The van der Waals surface area contributed by atoms with Gasteiger partial charge in [0.2, 0.25) is 0 Å². The smallest absolute Gasteiger partial charge is 0.460 e. The maximum absolute atomic E-state index is 13.8. The Hall–Kier alpha value is -2.07. The number of esters is 1. The minimum atomic E-state index is -8.80. The molecule has 0 spiro atoms. The summed E-state index contributed by atoms with van der Waals surface area (Å²) in [4.78, 5) is 11.3. The second-order valence-corrected chi connectivity index (χ2v) is 6.90. The van der Waals surface area contributed by atoms with Gasteiger partial charge in [0.1, 0.15) is 5.70 Å². The number of ether oxygens (including phenoxy) is 1. The maximum atomic E-state index is 13.8. The van der Waals surface area contributed by atoms with Crippen molar-refractivity contribution in [3.8, 4) is 0 Å². The molecule has 0 aliphatic rings. The highest BCUT2D eigenvalue weighted by Gasteiger charge is 2.95. The predicted molar refractivity (Wildman–Crippen MR) is 79.3 cm³/mol. The first-order valence-corrected chi connectivity index (χ1v) is 9.10. The maximum Gasteiger partial charge on any atom is 0.460 e. The molecule has 0 aromatic heterocycles. The summed E-state index contributed by atoms with van der Waals surface area (Å²) in [7, 11) is 0. The fourth-order valence-corrected chi connectivity index (χ4v) is 2.21. The van der Waals surface area contributed by atoms with Gasteiger partial charge >= 0.3 is 53.6 Å². The molecule has 36 heavy (non-hydrogen) atoms. The standard InChI is InChI=1S/C13H8F17NO4S/c1-2-35-5(32)4(31-36(33)34)3-6(14,15)7(16,17)8(18,19)9(20,21)10(22,23)11(24,25)12(26,27)13(28,29)30/h3,31H,2H2,1H3,(H,33,34). The van der Waals surface area contributed by atoms with Crippen LogP contribution in [-0.2, 0) is 20.8 Å². The molecular weight excluding hydrogens is 589 g/mol. The summed E-state index contributed by atoms with van der Waals surface area (Å²) in [5.41, 5.74) is -2.40. The zero-order valence-electron chi connectivity index (χ0n) is 16.3. The molecule has 2 N–H and O–H groups in total. The van der Waals surface area contributed by atoms with E-state index in [0.717, 1.165) is 6.92 Å². The Kier molecular flexibility index (Phi) is 9.11. The van der Waals surface area contributed by atoms with Gasteiger partial charge in [0.25, 0.3) is 11.3 Å². The Morgan fingerprint density at radius 2 is 1.06 bits per heavy atom. The van der Waals surface area contributed by atoms with Gasteiger partial charge in [0, 0.05) is 6.08 Å². The molecule has 214 valence electrons. The van der Waals surface area contributed by atoms with Gasteiger partial charge in [-0.3, -0.25) is 9.27 Å².